The molecule has 1 amide bonds. The molecule has 1 aromatic heterocycles. The number of carbonyl (C=O) groups is 3. The largest absolute Gasteiger partial charge is 0.508 e. The van der Waals surface area contributed by atoms with Gasteiger partial charge in [-0.3, -0.25) is 19.3 Å². The molecule has 4 aromatic rings. The van der Waals surface area contributed by atoms with Crippen molar-refractivity contribution in [3.05, 3.63) is 162 Å². The lowest BCUT2D eigenvalue weighted by Gasteiger charge is -2.27. The Morgan fingerprint density at radius 1 is 0.758 bits per heavy atom. The fraction of sp³-hybridized carbons (Fsp3) is 0.327. The standard InChI is InChI=1S/C52H60N2O7S/c1-2-3-4-5-6-7-8-9-10-11-12-13-14-15-16-17-18-19-20-21-48(56)53-50(51(57)43-25-29-45(30-26-43)60-38-35-54-33-36-59-37-34-54)49(42-22-27-44(55)28-23-42)52(58)61-46-31-24-41-32-39-62-47(41)40-46/h3-4,6-7,9-10,12-13,15-16,18-19,22-32,39-40,49-50,55H,2,5,8,11,14,17,20-21,33-38H2,1H3,(H,53,56)/b4-3-,7-6-,10-9-,13-12-,16-15-,19-18-. The number of carbonyl (C=O) groups excluding carboxylic acids is 3. The number of phenolic OH excluding ortho intramolecular Hbond substituents is 1. The molecule has 5 rings (SSSR count). The van der Waals surface area contributed by atoms with Crippen LogP contribution in [0.2, 0.25) is 0 Å². The van der Waals surface area contributed by atoms with E-state index in [1.165, 1.54) is 23.5 Å². The van der Waals surface area contributed by atoms with Crippen molar-refractivity contribution in [1.82, 2.24) is 10.2 Å². The van der Waals surface area contributed by atoms with Gasteiger partial charge in [-0.05, 0) is 122 Å². The first-order chi connectivity index (χ1) is 30.4. The number of amides is 1. The van der Waals surface area contributed by atoms with Gasteiger partial charge in [0.15, 0.2) is 5.78 Å². The Bertz CT molecular complexity index is 2160. The average molecular weight is 857 g/mol. The Balaban J connectivity index is 1.20. The lowest BCUT2D eigenvalue weighted by atomic mass is 9.86. The van der Waals surface area contributed by atoms with E-state index in [0.717, 1.165) is 68.2 Å². The number of rotatable bonds is 25. The zero-order chi connectivity index (χ0) is 43.6. The number of ether oxygens (including phenoxy) is 3. The molecule has 1 aliphatic rings. The number of nitrogens with zero attached hydrogens (tertiary/aromatic N) is 1. The number of morpholine rings is 1. The molecular formula is C52H60N2O7S. The summed E-state index contributed by atoms with van der Waals surface area (Å²) in [4.78, 5) is 44.6. The van der Waals surface area contributed by atoms with Crippen molar-refractivity contribution in [1.29, 1.82) is 0 Å². The lowest BCUT2D eigenvalue weighted by Crippen LogP contribution is -2.48. The number of hydrogen-bond acceptors (Lipinski definition) is 9. The van der Waals surface area contributed by atoms with Crippen molar-refractivity contribution in [2.45, 2.75) is 70.3 Å². The summed E-state index contributed by atoms with van der Waals surface area (Å²) in [6.07, 6.45) is 31.6. The normalized spacial score (nSPS) is 14.9. The Morgan fingerprint density at radius 3 is 1.98 bits per heavy atom. The number of thiophene rings is 1. The van der Waals surface area contributed by atoms with Crippen LogP contribution in [0.15, 0.2) is 151 Å². The van der Waals surface area contributed by atoms with Crippen LogP contribution in [0.4, 0.5) is 0 Å². The molecular weight excluding hydrogens is 797 g/mol. The van der Waals surface area contributed by atoms with Crippen molar-refractivity contribution in [2.75, 3.05) is 39.5 Å². The number of Topliss-reactive ketones (excluding diaryl/α,β-unsaturated/α-hetero) is 1. The quantitative estimate of drug-likeness (QED) is 0.0293. The minimum atomic E-state index is -1.32. The van der Waals surface area contributed by atoms with Gasteiger partial charge in [0.2, 0.25) is 5.91 Å². The number of phenols is 1. The maximum Gasteiger partial charge on any atom is 0.321 e. The van der Waals surface area contributed by atoms with Crippen LogP contribution in [0, 0.1) is 0 Å². The first kappa shape index (κ1) is 47.2. The fourth-order valence-corrected chi connectivity index (χ4v) is 7.55. The van der Waals surface area contributed by atoms with Gasteiger partial charge >= 0.3 is 5.97 Å². The topological polar surface area (TPSA) is 114 Å². The maximum absolute atomic E-state index is 14.5. The van der Waals surface area contributed by atoms with Crippen LogP contribution in [0.25, 0.3) is 10.1 Å². The Morgan fingerprint density at radius 2 is 1.35 bits per heavy atom. The highest BCUT2D eigenvalue weighted by molar-refractivity contribution is 7.17. The van der Waals surface area contributed by atoms with E-state index in [4.69, 9.17) is 14.2 Å². The maximum atomic E-state index is 14.5. The summed E-state index contributed by atoms with van der Waals surface area (Å²) in [5.74, 6) is -1.88. The summed E-state index contributed by atoms with van der Waals surface area (Å²) in [5, 5.41) is 16.0. The number of aromatic hydroxyl groups is 1. The number of fused-ring (bicyclic) bond motifs is 1. The Hall–Kier alpha value is -5.81. The Labute approximate surface area is 370 Å². The molecule has 326 valence electrons. The van der Waals surface area contributed by atoms with E-state index in [0.29, 0.717) is 48.9 Å². The van der Waals surface area contributed by atoms with Crippen LogP contribution in [0.1, 0.15) is 80.1 Å². The lowest BCUT2D eigenvalue weighted by molar-refractivity contribution is -0.136. The Kier molecular flexibility index (Phi) is 20.7. The van der Waals surface area contributed by atoms with Gasteiger partial charge in [0.1, 0.15) is 35.8 Å². The SMILES string of the molecule is CC/C=C\C/C=C\C/C=C\C/C=C\C/C=C\C/C=C\CCC(=O)NC(C(=O)c1ccc(OCCN2CCOCC2)cc1)C(C(=O)Oc1ccc2ccsc2c1)c1ccc(O)cc1. The number of hydrogen-bond donors (Lipinski definition) is 2. The first-order valence-electron chi connectivity index (χ1n) is 21.7. The van der Waals surface area contributed by atoms with Gasteiger partial charge in [-0.2, -0.15) is 0 Å². The average Bonchev–Trinajstić information content (AvgIpc) is 3.76. The summed E-state index contributed by atoms with van der Waals surface area (Å²) < 4.78 is 18.3. The molecule has 0 spiro atoms. The molecule has 1 fully saturated rings. The second-order valence-corrected chi connectivity index (χ2v) is 15.7. The van der Waals surface area contributed by atoms with E-state index in [1.54, 1.807) is 48.5 Å². The second-order valence-electron chi connectivity index (χ2n) is 14.8. The highest BCUT2D eigenvalue weighted by atomic mass is 32.1. The summed E-state index contributed by atoms with van der Waals surface area (Å²) in [5.41, 5.74) is 0.702. The summed E-state index contributed by atoms with van der Waals surface area (Å²) in [7, 11) is 0. The molecule has 62 heavy (non-hydrogen) atoms. The van der Waals surface area contributed by atoms with Crippen LogP contribution in [0.3, 0.4) is 0 Å². The predicted octanol–water partition coefficient (Wildman–Crippen LogP) is 10.9. The van der Waals surface area contributed by atoms with Crippen molar-refractivity contribution >= 4 is 39.1 Å². The predicted molar refractivity (Wildman–Crippen MR) is 251 cm³/mol. The van der Waals surface area contributed by atoms with E-state index in [9.17, 15) is 19.5 Å². The van der Waals surface area contributed by atoms with Gasteiger partial charge in [-0.15, -0.1) is 11.3 Å². The van der Waals surface area contributed by atoms with Crippen molar-refractivity contribution in [2.24, 2.45) is 0 Å². The van der Waals surface area contributed by atoms with Crippen molar-refractivity contribution in [3.8, 4) is 17.2 Å². The van der Waals surface area contributed by atoms with E-state index < -0.39 is 23.7 Å². The number of nitrogens with one attached hydrogen (secondary N) is 1. The third kappa shape index (κ3) is 16.6. The molecule has 2 heterocycles. The summed E-state index contributed by atoms with van der Waals surface area (Å²) in [6.45, 7) is 6.51. The molecule has 0 radical (unpaired) electrons. The molecule has 2 unspecified atom stereocenters. The van der Waals surface area contributed by atoms with Crippen LogP contribution in [0.5, 0.6) is 17.2 Å². The van der Waals surface area contributed by atoms with Gasteiger partial charge in [-0.25, -0.2) is 0 Å². The fourth-order valence-electron chi connectivity index (χ4n) is 6.74. The van der Waals surface area contributed by atoms with Gasteiger partial charge in [-0.1, -0.05) is 92.0 Å². The minimum absolute atomic E-state index is 0.00324. The van der Waals surface area contributed by atoms with E-state index in [2.05, 4.69) is 77.9 Å². The number of allylic oxidation sites excluding steroid dienone is 12. The smallest absolute Gasteiger partial charge is 0.321 e. The zero-order valence-electron chi connectivity index (χ0n) is 35.7. The van der Waals surface area contributed by atoms with Gasteiger partial charge in [0, 0.05) is 36.3 Å². The molecule has 2 atom stereocenters. The number of esters is 1. The van der Waals surface area contributed by atoms with Gasteiger partial charge in [0.05, 0.1) is 13.2 Å². The molecule has 3 aromatic carbocycles. The molecule has 10 heteroatoms. The third-order valence-electron chi connectivity index (χ3n) is 10.1. The van der Waals surface area contributed by atoms with Gasteiger partial charge in [0.25, 0.3) is 0 Å². The van der Waals surface area contributed by atoms with Crippen LogP contribution in [-0.4, -0.2) is 73.2 Å². The van der Waals surface area contributed by atoms with Gasteiger partial charge < -0.3 is 24.6 Å². The number of benzene rings is 3. The molecule has 0 saturated carbocycles. The molecule has 0 bridgehead atoms. The summed E-state index contributed by atoms with van der Waals surface area (Å²) >= 11 is 1.52. The summed E-state index contributed by atoms with van der Waals surface area (Å²) in [6, 6.07) is 18.8. The monoisotopic (exact) mass is 856 g/mol. The van der Waals surface area contributed by atoms with E-state index in [1.807, 2.05) is 29.7 Å². The number of ketones is 1. The van der Waals surface area contributed by atoms with Crippen LogP contribution >= 0.6 is 11.3 Å². The first-order valence-corrected chi connectivity index (χ1v) is 22.5. The molecule has 9 nitrogen and oxygen atoms in total. The molecule has 2 N–H and O–H groups in total. The van der Waals surface area contributed by atoms with Crippen LogP contribution in [-0.2, 0) is 14.3 Å². The zero-order valence-corrected chi connectivity index (χ0v) is 36.6. The highest BCUT2D eigenvalue weighted by Crippen LogP contribution is 2.30. The van der Waals surface area contributed by atoms with Crippen molar-refractivity contribution < 1.29 is 33.7 Å². The van der Waals surface area contributed by atoms with E-state index in [-0.39, 0.29) is 18.1 Å². The molecule has 0 aliphatic carbocycles. The second kappa shape index (κ2) is 27.2. The van der Waals surface area contributed by atoms with Crippen LogP contribution < -0.4 is 14.8 Å². The minimum Gasteiger partial charge on any atom is -0.508 e. The van der Waals surface area contributed by atoms with Crippen molar-refractivity contribution in [3.63, 3.8) is 0 Å². The highest BCUT2D eigenvalue weighted by Gasteiger charge is 2.38. The molecule has 1 saturated heterocycles. The van der Waals surface area contributed by atoms with E-state index >= 15 is 0 Å². The third-order valence-corrected chi connectivity index (χ3v) is 11.0. The molecule has 1 aliphatic heterocycles.